The van der Waals surface area contributed by atoms with E-state index in [0.29, 0.717) is 31.2 Å². The maximum atomic E-state index is 11.3. The van der Waals surface area contributed by atoms with E-state index in [4.69, 9.17) is 15.1 Å². The molecule has 1 aliphatic heterocycles. The average Bonchev–Trinajstić information content (AvgIpc) is 3.16. The number of benzene rings is 1. The average molecular weight is 525 g/mol. The van der Waals surface area contributed by atoms with Crippen LogP contribution in [0, 0.1) is 12.8 Å². The van der Waals surface area contributed by atoms with Crippen LogP contribution >= 0.6 is 24.0 Å². The summed E-state index contributed by atoms with van der Waals surface area (Å²) < 4.78 is 5.63. The van der Waals surface area contributed by atoms with Crippen molar-refractivity contribution in [3.63, 3.8) is 0 Å². The van der Waals surface area contributed by atoms with Gasteiger partial charge in [-0.05, 0) is 44.7 Å². The summed E-state index contributed by atoms with van der Waals surface area (Å²) >= 11 is 0. The SMILES string of the molecule is CCNC(=NCCc1coc(-c2ccc(C)cc2)n1)N1CCCC(CC(N)=O)C1.I. The van der Waals surface area contributed by atoms with Crippen LogP contribution in [0.1, 0.15) is 37.4 Å². The fraction of sp³-hybridized carbons (Fsp3) is 0.500. The summed E-state index contributed by atoms with van der Waals surface area (Å²) in [5.41, 5.74) is 8.46. The normalized spacial score (nSPS) is 16.8. The molecular weight excluding hydrogens is 493 g/mol. The number of nitrogens with zero attached hydrogens (tertiary/aromatic N) is 3. The number of amides is 1. The van der Waals surface area contributed by atoms with E-state index in [9.17, 15) is 4.79 Å². The van der Waals surface area contributed by atoms with Gasteiger partial charge in [0.25, 0.3) is 0 Å². The quantitative estimate of drug-likeness (QED) is 0.328. The number of nitrogens with two attached hydrogens (primary N) is 1. The van der Waals surface area contributed by atoms with Crippen LogP contribution < -0.4 is 11.1 Å². The van der Waals surface area contributed by atoms with Gasteiger partial charge in [-0.25, -0.2) is 4.98 Å². The molecule has 164 valence electrons. The Morgan fingerprint density at radius 1 is 1.37 bits per heavy atom. The van der Waals surface area contributed by atoms with Crippen LogP contribution in [0.25, 0.3) is 11.5 Å². The molecule has 3 rings (SSSR count). The van der Waals surface area contributed by atoms with E-state index >= 15 is 0 Å². The maximum absolute atomic E-state index is 11.3. The van der Waals surface area contributed by atoms with Crippen molar-refractivity contribution in [2.75, 3.05) is 26.2 Å². The van der Waals surface area contributed by atoms with Crippen LogP contribution in [-0.2, 0) is 11.2 Å². The van der Waals surface area contributed by atoms with Gasteiger partial charge in [-0.15, -0.1) is 24.0 Å². The number of carbonyl (C=O) groups is 1. The third-order valence-corrected chi connectivity index (χ3v) is 5.12. The second-order valence-electron chi connectivity index (χ2n) is 7.62. The molecule has 0 saturated carbocycles. The summed E-state index contributed by atoms with van der Waals surface area (Å²) in [5, 5.41) is 3.36. The summed E-state index contributed by atoms with van der Waals surface area (Å²) in [6.45, 7) is 7.31. The third-order valence-electron chi connectivity index (χ3n) is 5.12. The molecule has 2 heterocycles. The maximum Gasteiger partial charge on any atom is 0.226 e. The summed E-state index contributed by atoms with van der Waals surface area (Å²) in [6, 6.07) is 8.14. The predicted octanol–water partition coefficient (Wildman–Crippen LogP) is 3.36. The highest BCUT2D eigenvalue weighted by Crippen LogP contribution is 2.20. The first-order valence-corrected chi connectivity index (χ1v) is 10.4. The highest BCUT2D eigenvalue weighted by molar-refractivity contribution is 14.0. The van der Waals surface area contributed by atoms with Crippen molar-refractivity contribution in [3.8, 4) is 11.5 Å². The highest BCUT2D eigenvalue weighted by Gasteiger charge is 2.23. The first-order chi connectivity index (χ1) is 14.0. The third kappa shape index (κ3) is 7.00. The van der Waals surface area contributed by atoms with Crippen molar-refractivity contribution in [2.45, 2.75) is 39.5 Å². The van der Waals surface area contributed by atoms with Crippen LogP contribution in [0.4, 0.5) is 0 Å². The second kappa shape index (κ2) is 11.9. The topological polar surface area (TPSA) is 96.8 Å². The molecule has 3 N–H and O–H groups in total. The molecule has 1 unspecified atom stereocenters. The van der Waals surface area contributed by atoms with Gasteiger partial charge < -0.3 is 20.4 Å². The number of guanidine groups is 1. The number of primary amides is 1. The molecule has 7 nitrogen and oxygen atoms in total. The zero-order valence-corrected chi connectivity index (χ0v) is 20.1. The molecule has 1 aromatic heterocycles. The number of halogens is 1. The minimum absolute atomic E-state index is 0. The van der Waals surface area contributed by atoms with Gasteiger partial charge in [-0.1, -0.05) is 17.7 Å². The number of aromatic nitrogens is 1. The molecule has 1 saturated heterocycles. The van der Waals surface area contributed by atoms with E-state index in [2.05, 4.69) is 41.2 Å². The van der Waals surface area contributed by atoms with Crippen LogP contribution in [0.15, 0.2) is 39.9 Å². The summed E-state index contributed by atoms with van der Waals surface area (Å²) in [6.07, 6.45) is 4.95. The van der Waals surface area contributed by atoms with Crippen molar-refractivity contribution in [1.82, 2.24) is 15.2 Å². The number of aryl methyl sites for hydroxylation is 1. The van der Waals surface area contributed by atoms with E-state index in [-0.39, 0.29) is 29.9 Å². The monoisotopic (exact) mass is 525 g/mol. The zero-order valence-electron chi connectivity index (χ0n) is 17.8. The van der Waals surface area contributed by atoms with Crippen LogP contribution in [0.3, 0.4) is 0 Å². The molecule has 0 bridgehead atoms. The van der Waals surface area contributed by atoms with Gasteiger partial charge in [-0.3, -0.25) is 9.79 Å². The predicted molar refractivity (Wildman–Crippen MR) is 130 cm³/mol. The number of likely N-dealkylation sites (tertiary alicyclic amines) is 1. The van der Waals surface area contributed by atoms with Gasteiger partial charge in [0.15, 0.2) is 5.96 Å². The Morgan fingerprint density at radius 2 is 2.13 bits per heavy atom. The van der Waals surface area contributed by atoms with Gasteiger partial charge in [0, 0.05) is 44.6 Å². The van der Waals surface area contributed by atoms with Crippen LogP contribution in [0.5, 0.6) is 0 Å². The molecule has 30 heavy (non-hydrogen) atoms. The van der Waals surface area contributed by atoms with Crippen LogP contribution in [0.2, 0.25) is 0 Å². The minimum Gasteiger partial charge on any atom is -0.444 e. The molecule has 1 aromatic carbocycles. The number of carbonyl (C=O) groups excluding carboxylic acids is 1. The zero-order chi connectivity index (χ0) is 20.6. The van der Waals surface area contributed by atoms with E-state index in [1.807, 2.05) is 12.1 Å². The number of nitrogens with one attached hydrogen (secondary N) is 1. The summed E-state index contributed by atoms with van der Waals surface area (Å²) in [4.78, 5) is 22.9. The molecule has 0 aliphatic carbocycles. The Labute approximate surface area is 195 Å². The Hall–Kier alpha value is -2.10. The first kappa shape index (κ1) is 24.2. The number of aliphatic imine (C=N–C) groups is 1. The molecule has 1 amide bonds. The Balaban J connectivity index is 0.00000320. The summed E-state index contributed by atoms with van der Waals surface area (Å²) in [7, 11) is 0. The fourth-order valence-corrected chi connectivity index (χ4v) is 3.66. The standard InChI is InChI=1S/C22H31N5O2.HI/c1-3-24-22(27-12-4-5-17(14-27)13-20(23)28)25-11-10-19-15-29-21(26-19)18-8-6-16(2)7-9-18;/h6-9,15,17H,3-5,10-14H2,1-2H3,(H2,23,28)(H,24,25);1H. The number of oxazole rings is 1. The highest BCUT2D eigenvalue weighted by atomic mass is 127. The van der Waals surface area contributed by atoms with Crippen molar-refractivity contribution in [2.24, 2.45) is 16.6 Å². The fourth-order valence-electron chi connectivity index (χ4n) is 3.66. The van der Waals surface area contributed by atoms with Gasteiger partial charge in [0.1, 0.15) is 6.26 Å². The molecule has 0 radical (unpaired) electrons. The molecule has 2 aromatic rings. The van der Waals surface area contributed by atoms with Crippen LogP contribution in [-0.4, -0.2) is 47.9 Å². The molecule has 1 atom stereocenters. The van der Waals surface area contributed by atoms with E-state index in [1.54, 1.807) is 6.26 Å². The molecule has 0 spiro atoms. The lowest BCUT2D eigenvalue weighted by Gasteiger charge is -2.34. The number of rotatable bonds is 7. The van der Waals surface area contributed by atoms with Crippen molar-refractivity contribution < 1.29 is 9.21 Å². The summed E-state index contributed by atoms with van der Waals surface area (Å²) in [5.74, 6) is 1.61. The molecular formula is C22H32IN5O2. The van der Waals surface area contributed by atoms with Gasteiger partial charge >= 0.3 is 0 Å². The van der Waals surface area contributed by atoms with Gasteiger partial charge in [-0.2, -0.15) is 0 Å². The van der Waals surface area contributed by atoms with E-state index in [1.165, 1.54) is 5.56 Å². The Bertz CT molecular complexity index is 834. The van der Waals surface area contributed by atoms with E-state index < -0.39 is 0 Å². The smallest absolute Gasteiger partial charge is 0.226 e. The van der Waals surface area contributed by atoms with E-state index in [0.717, 1.165) is 49.7 Å². The molecule has 1 fully saturated rings. The van der Waals surface area contributed by atoms with Gasteiger partial charge in [0.05, 0.1) is 5.69 Å². The Morgan fingerprint density at radius 3 is 2.83 bits per heavy atom. The number of piperidine rings is 1. The van der Waals surface area contributed by atoms with Crippen molar-refractivity contribution in [1.29, 1.82) is 0 Å². The Kier molecular flexibility index (Phi) is 9.61. The van der Waals surface area contributed by atoms with Crippen molar-refractivity contribution in [3.05, 3.63) is 41.8 Å². The minimum atomic E-state index is -0.228. The first-order valence-electron chi connectivity index (χ1n) is 10.4. The second-order valence-corrected chi connectivity index (χ2v) is 7.62. The molecule has 8 heteroatoms. The lowest BCUT2D eigenvalue weighted by Crippen LogP contribution is -2.47. The van der Waals surface area contributed by atoms with Gasteiger partial charge in [0.2, 0.25) is 11.8 Å². The van der Waals surface area contributed by atoms with Crippen molar-refractivity contribution >= 4 is 35.8 Å². The number of hydrogen-bond donors (Lipinski definition) is 2. The largest absolute Gasteiger partial charge is 0.444 e. The molecule has 1 aliphatic rings. The lowest BCUT2D eigenvalue weighted by atomic mass is 9.95. The lowest BCUT2D eigenvalue weighted by molar-refractivity contribution is -0.119. The number of hydrogen-bond acceptors (Lipinski definition) is 4.